The fourth-order valence-corrected chi connectivity index (χ4v) is 3.27. The van der Waals surface area contributed by atoms with Gasteiger partial charge in [-0.05, 0) is 55.9 Å². The topological polar surface area (TPSA) is 81.5 Å². The van der Waals surface area contributed by atoms with E-state index in [1.807, 2.05) is 12.1 Å². The number of rotatable bonds is 6. The number of benzene rings is 2. The maximum Gasteiger partial charge on any atom is 0.273 e. The number of hydrogen-bond acceptors (Lipinski definition) is 4. The Hall–Kier alpha value is -2.89. The summed E-state index contributed by atoms with van der Waals surface area (Å²) in [6.07, 6.45) is 6.15. The van der Waals surface area contributed by atoms with Gasteiger partial charge in [0.25, 0.3) is 11.6 Å². The monoisotopic (exact) mass is 368 g/mol. The number of carbonyl (C=O) groups is 1. The van der Waals surface area contributed by atoms with Crippen molar-refractivity contribution < 1.29 is 14.5 Å². The van der Waals surface area contributed by atoms with Crippen molar-refractivity contribution >= 4 is 17.3 Å². The van der Waals surface area contributed by atoms with Gasteiger partial charge in [-0.25, -0.2) is 0 Å². The van der Waals surface area contributed by atoms with Crippen molar-refractivity contribution in [3.63, 3.8) is 0 Å². The number of nitro groups is 1. The standard InChI is InChI=1S/C21H24N2O4/c1-2-15-8-10-16(11-9-15)21(24)22-19-13-12-17(23(25)26)14-20(19)27-18-6-4-3-5-7-18/h8-14,18H,2-7H2,1H3,(H,22,24). The molecule has 142 valence electrons. The highest BCUT2D eigenvalue weighted by Gasteiger charge is 2.20. The minimum atomic E-state index is -0.456. The Morgan fingerprint density at radius 1 is 1.15 bits per heavy atom. The lowest BCUT2D eigenvalue weighted by molar-refractivity contribution is -0.384. The Morgan fingerprint density at radius 2 is 1.85 bits per heavy atom. The van der Waals surface area contributed by atoms with E-state index in [0.717, 1.165) is 37.7 Å². The van der Waals surface area contributed by atoms with Crippen molar-refractivity contribution in [3.8, 4) is 5.75 Å². The average Bonchev–Trinajstić information content (AvgIpc) is 2.70. The molecule has 3 rings (SSSR count). The van der Waals surface area contributed by atoms with Crippen LogP contribution in [0.4, 0.5) is 11.4 Å². The van der Waals surface area contributed by atoms with Crippen LogP contribution in [0.5, 0.6) is 5.75 Å². The molecular formula is C21H24N2O4. The van der Waals surface area contributed by atoms with Gasteiger partial charge < -0.3 is 10.1 Å². The van der Waals surface area contributed by atoms with Crippen molar-refractivity contribution in [2.45, 2.75) is 51.6 Å². The molecule has 1 aliphatic carbocycles. The van der Waals surface area contributed by atoms with Crippen LogP contribution in [-0.4, -0.2) is 16.9 Å². The molecule has 2 aromatic rings. The molecule has 27 heavy (non-hydrogen) atoms. The normalized spacial score (nSPS) is 14.6. The molecule has 1 saturated carbocycles. The summed E-state index contributed by atoms with van der Waals surface area (Å²) in [6, 6.07) is 11.7. The largest absolute Gasteiger partial charge is 0.488 e. The zero-order valence-electron chi connectivity index (χ0n) is 15.4. The molecule has 0 atom stereocenters. The van der Waals surface area contributed by atoms with Gasteiger partial charge in [0.05, 0.1) is 22.8 Å². The van der Waals surface area contributed by atoms with E-state index in [-0.39, 0.29) is 17.7 Å². The fourth-order valence-electron chi connectivity index (χ4n) is 3.27. The number of amides is 1. The van der Waals surface area contributed by atoms with Crippen molar-refractivity contribution in [1.29, 1.82) is 0 Å². The number of aryl methyl sites for hydroxylation is 1. The third-order valence-electron chi connectivity index (χ3n) is 4.89. The van der Waals surface area contributed by atoms with Gasteiger partial charge in [0.15, 0.2) is 0 Å². The zero-order valence-corrected chi connectivity index (χ0v) is 15.4. The number of ether oxygens (including phenoxy) is 1. The summed E-state index contributed by atoms with van der Waals surface area (Å²) in [5.41, 5.74) is 2.10. The van der Waals surface area contributed by atoms with Crippen molar-refractivity contribution in [3.05, 3.63) is 63.7 Å². The number of nitrogens with zero attached hydrogens (tertiary/aromatic N) is 1. The molecule has 2 aromatic carbocycles. The maximum atomic E-state index is 12.6. The second-order valence-corrected chi connectivity index (χ2v) is 6.82. The molecule has 0 saturated heterocycles. The van der Waals surface area contributed by atoms with Crippen LogP contribution in [0.3, 0.4) is 0 Å². The number of anilines is 1. The maximum absolute atomic E-state index is 12.6. The minimum Gasteiger partial charge on any atom is -0.488 e. The second kappa shape index (κ2) is 8.66. The molecule has 6 heteroatoms. The van der Waals surface area contributed by atoms with Crippen molar-refractivity contribution in [2.24, 2.45) is 0 Å². The highest BCUT2D eigenvalue weighted by Crippen LogP contribution is 2.33. The summed E-state index contributed by atoms with van der Waals surface area (Å²) in [7, 11) is 0. The van der Waals surface area contributed by atoms with Crippen LogP contribution < -0.4 is 10.1 Å². The molecule has 0 heterocycles. The summed E-state index contributed by atoms with van der Waals surface area (Å²) >= 11 is 0. The lowest BCUT2D eigenvalue weighted by Gasteiger charge is -2.24. The van der Waals surface area contributed by atoms with E-state index in [1.54, 1.807) is 12.1 Å². The lowest BCUT2D eigenvalue weighted by Crippen LogP contribution is -2.21. The molecule has 0 unspecified atom stereocenters. The summed E-state index contributed by atoms with van der Waals surface area (Å²) in [5.74, 6) is 0.0922. The lowest BCUT2D eigenvalue weighted by atomic mass is 9.98. The predicted molar refractivity (Wildman–Crippen MR) is 104 cm³/mol. The summed E-state index contributed by atoms with van der Waals surface area (Å²) in [5, 5.41) is 14.0. The number of hydrogen-bond donors (Lipinski definition) is 1. The molecular weight excluding hydrogens is 344 g/mol. The van der Waals surface area contributed by atoms with Gasteiger partial charge in [0, 0.05) is 11.6 Å². The first-order chi connectivity index (χ1) is 13.1. The Labute approximate surface area is 158 Å². The highest BCUT2D eigenvalue weighted by molar-refractivity contribution is 6.05. The average molecular weight is 368 g/mol. The van der Waals surface area contributed by atoms with Gasteiger partial charge in [-0.3, -0.25) is 14.9 Å². The quantitative estimate of drug-likeness (QED) is 0.567. The van der Waals surface area contributed by atoms with Crippen LogP contribution in [-0.2, 0) is 6.42 Å². The fraction of sp³-hybridized carbons (Fsp3) is 0.381. The van der Waals surface area contributed by atoms with Gasteiger partial charge in [-0.15, -0.1) is 0 Å². The van der Waals surface area contributed by atoms with Crippen LogP contribution in [0.1, 0.15) is 54.9 Å². The van der Waals surface area contributed by atoms with E-state index in [9.17, 15) is 14.9 Å². The van der Waals surface area contributed by atoms with Crippen molar-refractivity contribution in [1.82, 2.24) is 0 Å². The number of non-ortho nitro benzene ring substituents is 1. The van der Waals surface area contributed by atoms with Crippen LogP contribution in [0.2, 0.25) is 0 Å². The van der Waals surface area contributed by atoms with Gasteiger partial charge in [-0.1, -0.05) is 25.5 Å². The predicted octanol–water partition coefficient (Wildman–Crippen LogP) is 5.12. The zero-order chi connectivity index (χ0) is 19.2. The second-order valence-electron chi connectivity index (χ2n) is 6.82. The first-order valence-electron chi connectivity index (χ1n) is 9.42. The van der Waals surface area contributed by atoms with E-state index in [2.05, 4.69) is 12.2 Å². The molecule has 1 fully saturated rings. The number of nitro benzene ring substituents is 1. The van der Waals surface area contributed by atoms with Crippen LogP contribution >= 0.6 is 0 Å². The third-order valence-corrected chi connectivity index (χ3v) is 4.89. The highest BCUT2D eigenvalue weighted by atomic mass is 16.6. The first-order valence-corrected chi connectivity index (χ1v) is 9.42. The molecule has 0 bridgehead atoms. The van der Waals surface area contributed by atoms with Crippen LogP contribution in [0, 0.1) is 10.1 Å². The molecule has 0 radical (unpaired) electrons. The third kappa shape index (κ3) is 4.84. The van der Waals surface area contributed by atoms with Gasteiger partial charge >= 0.3 is 0 Å². The van der Waals surface area contributed by atoms with E-state index in [1.165, 1.54) is 24.6 Å². The van der Waals surface area contributed by atoms with Gasteiger partial charge in [0.1, 0.15) is 5.75 Å². The van der Waals surface area contributed by atoms with Crippen molar-refractivity contribution in [2.75, 3.05) is 5.32 Å². The smallest absolute Gasteiger partial charge is 0.273 e. The van der Waals surface area contributed by atoms with Crippen LogP contribution in [0.15, 0.2) is 42.5 Å². The molecule has 0 aliphatic heterocycles. The van der Waals surface area contributed by atoms with Gasteiger partial charge in [0.2, 0.25) is 0 Å². The number of nitrogens with one attached hydrogen (secondary N) is 1. The Kier molecular flexibility index (Phi) is 6.06. The summed E-state index contributed by atoms with van der Waals surface area (Å²) in [6.45, 7) is 2.06. The molecule has 0 spiro atoms. The Bertz CT molecular complexity index is 811. The van der Waals surface area contributed by atoms with E-state index in [0.29, 0.717) is 17.0 Å². The molecule has 6 nitrogen and oxygen atoms in total. The van der Waals surface area contributed by atoms with E-state index >= 15 is 0 Å². The summed E-state index contributed by atoms with van der Waals surface area (Å²) < 4.78 is 6.03. The molecule has 1 amide bonds. The molecule has 1 N–H and O–H groups in total. The van der Waals surface area contributed by atoms with Gasteiger partial charge in [-0.2, -0.15) is 0 Å². The Morgan fingerprint density at radius 3 is 2.48 bits per heavy atom. The van der Waals surface area contributed by atoms with E-state index in [4.69, 9.17) is 4.74 Å². The number of carbonyl (C=O) groups excluding carboxylic acids is 1. The molecule has 1 aliphatic rings. The minimum absolute atomic E-state index is 0.0280. The Balaban J connectivity index is 1.81. The van der Waals surface area contributed by atoms with E-state index < -0.39 is 4.92 Å². The van der Waals surface area contributed by atoms with Crippen LogP contribution in [0.25, 0.3) is 0 Å². The summed E-state index contributed by atoms with van der Waals surface area (Å²) in [4.78, 5) is 23.2. The SMILES string of the molecule is CCc1ccc(C(=O)Nc2ccc([N+](=O)[O-])cc2OC2CCCCC2)cc1. The molecule has 0 aromatic heterocycles. The first kappa shape index (κ1) is 18.9.